The van der Waals surface area contributed by atoms with Gasteiger partial charge in [0, 0.05) is 6.54 Å². The molecule has 0 aromatic heterocycles. The molecule has 0 aliphatic rings. The fourth-order valence-electron chi connectivity index (χ4n) is 1.31. The fraction of sp³-hybridized carbons (Fsp3) is 0.417. The Hall–Kier alpha value is -1.40. The van der Waals surface area contributed by atoms with Gasteiger partial charge < -0.3 is 5.11 Å². The Labute approximate surface area is 107 Å². The van der Waals surface area contributed by atoms with Crippen LogP contribution in [0.5, 0.6) is 0 Å². The average molecular weight is 271 g/mol. The summed E-state index contributed by atoms with van der Waals surface area (Å²) in [5.41, 5.74) is 1.05. The molecular weight excluding hydrogens is 254 g/mol. The standard InChI is InChI=1S/C12H17NO4S/c1-3-10-4-6-11(7-5-10)18(16,17)13-8-9(2)12(14)15/h4-7,9,13H,3,8H2,1-2H3,(H,14,15). The molecule has 1 rings (SSSR count). The van der Waals surface area contributed by atoms with Crippen LogP contribution in [0.25, 0.3) is 0 Å². The van der Waals surface area contributed by atoms with E-state index in [1.54, 1.807) is 12.1 Å². The van der Waals surface area contributed by atoms with E-state index in [1.807, 2.05) is 6.92 Å². The van der Waals surface area contributed by atoms with Crippen molar-refractivity contribution in [2.75, 3.05) is 6.54 Å². The first-order valence-electron chi connectivity index (χ1n) is 5.68. The van der Waals surface area contributed by atoms with E-state index in [4.69, 9.17) is 5.11 Å². The van der Waals surface area contributed by atoms with Crippen LogP contribution in [0.2, 0.25) is 0 Å². The number of carboxylic acid groups (broad SMARTS) is 1. The van der Waals surface area contributed by atoms with Crippen molar-refractivity contribution in [1.29, 1.82) is 0 Å². The number of aryl methyl sites for hydroxylation is 1. The third-order valence-electron chi connectivity index (χ3n) is 2.64. The minimum Gasteiger partial charge on any atom is -0.481 e. The molecule has 18 heavy (non-hydrogen) atoms. The van der Waals surface area contributed by atoms with E-state index >= 15 is 0 Å². The lowest BCUT2D eigenvalue weighted by atomic mass is 10.2. The maximum absolute atomic E-state index is 11.9. The Morgan fingerprint density at radius 1 is 1.33 bits per heavy atom. The van der Waals surface area contributed by atoms with E-state index < -0.39 is 21.9 Å². The molecule has 6 heteroatoms. The highest BCUT2D eigenvalue weighted by molar-refractivity contribution is 7.89. The van der Waals surface area contributed by atoms with Crippen LogP contribution in [0.4, 0.5) is 0 Å². The molecule has 0 saturated carbocycles. The maximum Gasteiger partial charge on any atom is 0.307 e. The Kier molecular flexibility index (Phi) is 4.86. The summed E-state index contributed by atoms with van der Waals surface area (Å²) in [4.78, 5) is 10.8. The summed E-state index contributed by atoms with van der Waals surface area (Å²) in [6.45, 7) is 3.31. The summed E-state index contributed by atoms with van der Waals surface area (Å²) in [5, 5.41) is 8.68. The number of hydrogen-bond donors (Lipinski definition) is 2. The maximum atomic E-state index is 11.9. The van der Waals surface area contributed by atoms with Crippen molar-refractivity contribution < 1.29 is 18.3 Å². The molecule has 0 saturated heterocycles. The molecule has 100 valence electrons. The van der Waals surface area contributed by atoms with Crippen LogP contribution in [-0.4, -0.2) is 26.0 Å². The second-order valence-electron chi connectivity index (χ2n) is 4.09. The molecule has 1 aromatic carbocycles. The first kappa shape index (κ1) is 14.7. The van der Waals surface area contributed by atoms with Gasteiger partial charge in [0.15, 0.2) is 0 Å². The molecule has 1 atom stereocenters. The third kappa shape index (κ3) is 3.82. The Balaban J connectivity index is 2.76. The number of carbonyl (C=O) groups is 1. The van der Waals surface area contributed by atoms with E-state index in [2.05, 4.69) is 4.72 Å². The lowest BCUT2D eigenvalue weighted by molar-refractivity contribution is -0.140. The van der Waals surface area contributed by atoms with Crippen molar-refractivity contribution in [3.05, 3.63) is 29.8 Å². The number of benzene rings is 1. The van der Waals surface area contributed by atoms with Gasteiger partial charge in [0.2, 0.25) is 10.0 Å². The fourth-order valence-corrected chi connectivity index (χ4v) is 2.44. The molecule has 1 aromatic rings. The van der Waals surface area contributed by atoms with Gasteiger partial charge in [-0.15, -0.1) is 0 Å². The molecule has 0 fully saturated rings. The van der Waals surface area contributed by atoms with Gasteiger partial charge in [0.05, 0.1) is 10.8 Å². The van der Waals surface area contributed by atoms with Gasteiger partial charge in [-0.3, -0.25) is 4.79 Å². The van der Waals surface area contributed by atoms with E-state index in [0.717, 1.165) is 12.0 Å². The number of rotatable bonds is 6. The van der Waals surface area contributed by atoms with Crippen LogP contribution in [-0.2, 0) is 21.2 Å². The van der Waals surface area contributed by atoms with E-state index in [9.17, 15) is 13.2 Å². The van der Waals surface area contributed by atoms with Gasteiger partial charge in [-0.2, -0.15) is 0 Å². The Morgan fingerprint density at radius 2 is 1.89 bits per heavy atom. The van der Waals surface area contributed by atoms with Crippen molar-refractivity contribution in [1.82, 2.24) is 4.72 Å². The van der Waals surface area contributed by atoms with Crippen molar-refractivity contribution in [3.63, 3.8) is 0 Å². The molecular formula is C12H17NO4S. The molecule has 0 radical (unpaired) electrons. The zero-order valence-electron chi connectivity index (χ0n) is 10.4. The molecule has 1 unspecified atom stereocenters. The van der Waals surface area contributed by atoms with Gasteiger partial charge in [-0.1, -0.05) is 26.0 Å². The van der Waals surface area contributed by atoms with E-state index in [0.29, 0.717) is 0 Å². The summed E-state index contributed by atoms with van der Waals surface area (Å²) in [6.07, 6.45) is 0.837. The van der Waals surface area contributed by atoms with E-state index in [-0.39, 0.29) is 11.4 Å². The first-order valence-corrected chi connectivity index (χ1v) is 7.16. The highest BCUT2D eigenvalue weighted by Gasteiger charge is 2.17. The summed E-state index contributed by atoms with van der Waals surface area (Å²) in [6, 6.07) is 6.53. The summed E-state index contributed by atoms with van der Waals surface area (Å²) < 4.78 is 26.0. The first-order chi connectivity index (χ1) is 8.36. The lowest BCUT2D eigenvalue weighted by Crippen LogP contribution is -2.31. The smallest absolute Gasteiger partial charge is 0.307 e. The Bertz CT molecular complexity index is 507. The van der Waals surface area contributed by atoms with Gasteiger partial charge in [0.25, 0.3) is 0 Å². The van der Waals surface area contributed by atoms with Gasteiger partial charge >= 0.3 is 5.97 Å². The largest absolute Gasteiger partial charge is 0.481 e. The quantitative estimate of drug-likeness (QED) is 0.815. The van der Waals surface area contributed by atoms with Crippen LogP contribution in [0.15, 0.2) is 29.2 Å². The van der Waals surface area contributed by atoms with Crippen LogP contribution >= 0.6 is 0 Å². The molecule has 0 spiro atoms. The number of carboxylic acids is 1. The minimum absolute atomic E-state index is 0.118. The number of hydrogen-bond acceptors (Lipinski definition) is 3. The number of nitrogens with one attached hydrogen (secondary N) is 1. The monoisotopic (exact) mass is 271 g/mol. The topological polar surface area (TPSA) is 83.5 Å². The van der Waals surface area contributed by atoms with Crippen molar-refractivity contribution in [2.45, 2.75) is 25.2 Å². The van der Waals surface area contributed by atoms with Gasteiger partial charge in [-0.25, -0.2) is 13.1 Å². The second-order valence-corrected chi connectivity index (χ2v) is 5.86. The molecule has 0 aliphatic carbocycles. The van der Waals surface area contributed by atoms with Crippen LogP contribution in [0, 0.1) is 5.92 Å². The summed E-state index contributed by atoms with van der Waals surface area (Å²) in [7, 11) is -3.63. The zero-order chi connectivity index (χ0) is 13.8. The van der Waals surface area contributed by atoms with E-state index in [1.165, 1.54) is 19.1 Å². The average Bonchev–Trinajstić information content (AvgIpc) is 2.36. The van der Waals surface area contributed by atoms with Gasteiger partial charge in [-0.05, 0) is 24.1 Å². The predicted molar refractivity (Wildman–Crippen MR) is 67.8 cm³/mol. The highest BCUT2D eigenvalue weighted by Crippen LogP contribution is 2.11. The molecule has 0 amide bonds. The van der Waals surface area contributed by atoms with Crippen molar-refractivity contribution in [2.24, 2.45) is 5.92 Å². The number of aliphatic carboxylic acids is 1. The molecule has 0 bridgehead atoms. The zero-order valence-corrected chi connectivity index (χ0v) is 11.2. The van der Waals surface area contributed by atoms with Crippen molar-refractivity contribution >= 4 is 16.0 Å². The Morgan fingerprint density at radius 3 is 2.33 bits per heavy atom. The molecule has 0 heterocycles. The van der Waals surface area contributed by atoms with Crippen LogP contribution < -0.4 is 4.72 Å². The minimum atomic E-state index is -3.63. The molecule has 2 N–H and O–H groups in total. The highest BCUT2D eigenvalue weighted by atomic mass is 32.2. The predicted octanol–water partition coefficient (Wildman–Crippen LogP) is 1.25. The van der Waals surface area contributed by atoms with Crippen LogP contribution in [0.3, 0.4) is 0 Å². The normalized spacial score (nSPS) is 13.2. The second kappa shape index (κ2) is 5.97. The molecule has 5 nitrogen and oxygen atoms in total. The SMILES string of the molecule is CCc1ccc(S(=O)(=O)NCC(C)C(=O)O)cc1. The molecule has 0 aliphatic heterocycles. The summed E-state index contributed by atoms with van der Waals surface area (Å²) >= 11 is 0. The third-order valence-corrected chi connectivity index (χ3v) is 4.08. The lowest BCUT2D eigenvalue weighted by Gasteiger charge is -2.09. The van der Waals surface area contributed by atoms with Crippen molar-refractivity contribution in [3.8, 4) is 0 Å². The summed E-state index contributed by atoms with van der Waals surface area (Å²) in [5.74, 6) is -1.78. The number of sulfonamides is 1. The van der Waals surface area contributed by atoms with Crippen LogP contribution in [0.1, 0.15) is 19.4 Å². The van der Waals surface area contributed by atoms with Gasteiger partial charge in [0.1, 0.15) is 0 Å².